The maximum absolute atomic E-state index is 14.0. The highest BCUT2D eigenvalue weighted by Gasteiger charge is 2.12. The SMILES string of the molecule is O=C(O)Nc1ccc(Oc2ccnc3cc(I)sc23)c(F)c1. The van der Waals surface area contributed by atoms with Crippen molar-refractivity contribution in [1.29, 1.82) is 0 Å². The van der Waals surface area contributed by atoms with E-state index in [2.05, 4.69) is 32.9 Å². The van der Waals surface area contributed by atoms with Crippen LogP contribution in [0.15, 0.2) is 36.5 Å². The van der Waals surface area contributed by atoms with Gasteiger partial charge in [0.2, 0.25) is 0 Å². The molecule has 1 amide bonds. The van der Waals surface area contributed by atoms with Gasteiger partial charge in [0.1, 0.15) is 5.75 Å². The number of fused-ring (bicyclic) bond motifs is 1. The molecule has 2 N–H and O–H groups in total. The number of benzene rings is 1. The minimum absolute atomic E-state index is 0.0202. The fourth-order valence-corrected chi connectivity index (χ4v) is 3.62. The van der Waals surface area contributed by atoms with Gasteiger partial charge in [-0.05, 0) is 40.8 Å². The van der Waals surface area contributed by atoms with Gasteiger partial charge >= 0.3 is 6.09 Å². The minimum Gasteiger partial charge on any atom is -0.465 e. The zero-order chi connectivity index (χ0) is 15.7. The summed E-state index contributed by atoms with van der Waals surface area (Å²) in [5.41, 5.74) is 0.930. The lowest BCUT2D eigenvalue weighted by Crippen LogP contribution is -2.07. The molecule has 2 aromatic heterocycles. The molecule has 0 aliphatic carbocycles. The van der Waals surface area contributed by atoms with E-state index in [4.69, 9.17) is 9.84 Å². The van der Waals surface area contributed by atoms with E-state index < -0.39 is 11.9 Å². The molecule has 3 aromatic rings. The summed E-state index contributed by atoms with van der Waals surface area (Å²) in [5, 5.41) is 10.7. The van der Waals surface area contributed by atoms with Crippen LogP contribution in [0.1, 0.15) is 0 Å². The van der Waals surface area contributed by atoms with Crippen LogP contribution in [0.3, 0.4) is 0 Å². The monoisotopic (exact) mass is 430 g/mol. The molecule has 0 fully saturated rings. The number of nitrogens with one attached hydrogen (secondary N) is 1. The van der Waals surface area contributed by atoms with Crippen LogP contribution in [0.4, 0.5) is 14.9 Å². The van der Waals surface area contributed by atoms with Gasteiger partial charge in [-0.2, -0.15) is 0 Å². The number of ether oxygens (including phenoxy) is 1. The van der Waals surface area contributed by atoms with Crippen molar-refractivity contribution in [2.45, 2.75) is 0 Å². The van der Waals surface area contributed by atoms with Crippen LogP contribution in [0.2, 0.25) is 0 Å². The first kappa shape index (κ1) is 15.0. The summed E-state index contributed by atoms with van der Waals surface area (Å²) in [7, 11) is 0. The van der Waals surface area contributed by atoms with E-state index in [1.165, 1.54) is 23.5 Å². The molecule has 3 rings (SSSR count). The lowest BCUT2D eigenvalue weighted by molar-refractivity contribution is 0.209. The van der Waals surface area contributed by atoms with Gasteiger partial charge in [-0.3, -0.25) is 10.3 Å². The van der Waals surface area contributed by atoms with Crippen LogP contribution in [0.5, 0.6) is 11.5 Å². The predicted octanol–water partition coefficient (Wildman–Crippen LogP) is 4.92. The molecular weight excluding hydrogens is 422 g/mol. The normalized spacial score (nSPS) is 10.6. The fourth-order valence-electron chi connectivity index (χ4n) is 1.87. The Morgan fingerprint density at radius 1 is 1.32 bits per heavy atom. The molecule has 2 heterocycles. The first-order valence-electron chi connectivity index (χ1n) is 6.04. The summed E-state index contributed by atoms with van der Waals surface area (Å²) in [5.74, 6) is -0.120. The number of thiophene rings is 1. The van der Waals surface area contributed by atoms with Crippen LogP contribution in [0, 0.1) is 8.70 Å². The molecule has 0 atom stereocenters. The molecule has 0 saturated heterocycles. The lowest BCUT2D eigenvalue weighted by atomic mass is 10.3. The molecule has 0 aliphatic rings. The Labute approximate surface area is 141 Å². The number of hydrogen-bond donors (Lipinski definition) is 2. The van der Waals surface area contributed by atoms with Crippen molar-refractivity contribution in [3.63, 3.8) is 0 Å². The third-order valence-electron chi connectivity index (χ3n) is 2.75. The zero-order valence-corrected chi connectivity index (χ0v) is 13.8. The molecule has 5 nitrogen and oxygen atoms in total. The van der Waals surface area contributed by atoms with Crippen LogP contribution in [0.25, 0.3) is 10.2 Å². The summed E-state index contributed by atoms with van der Waals surface area (Å²) in [6, 6.07) is 7.47. The Bertz CT molecular complexity index is 868. The largest absolute Gasteiger partial charge is 0.465 e. The van der Waals surface area contributed by atoms with Gasteiger partial charge in [0.05, 0.1) is 13.1 Å². The molecule has 1 aromatic carbocycles. The van der Waals surface area contributed by atoms with E-state index in [-0.39, 0.29) is 11.4 Å². The number of carboxylic acid groups (broad SMARTS) is 1. The van der Waals surface area contributed by atoms with E-state index in [9.17, 15) is 9.18 Å². The van der Waals surface area contributed by atoms with Crippen LogP contribution >= 0.6 is 33.9 Å². The Hall–Kier alpha value is -1.94. The van der Waals surface area contributed by atoms with Gasteiger partial charge in [0.15, 0.2) is 11.6 Å². The van der Waals surface area contributed by atoms with E-state index >= 15 is 0 Å². The van der Waals surface area contributed by atoms with E-state index in [0.717, 1.165) is 19.2 Å². The first-order valence-corrected chi connectivity index (χ1v) is 7.94. The van der Waals surface area contributed by atoms with Crippen molar-refractivity contribution in [1.82, 2.24) is 4.98 Å². The third-order valence-corrected chi connectivity index (χ3v) is 4.65. The van der Waals surface area contributed by atoms with E-state index in [1.54, 1.807) is 12.3 Å². The minimum atomic E-state index is -1.25. The number of nitrogens with zero attached hydrogens (tertiary/aromatic N) is 1. The van der Waals surface area contributed by atoms with Gasteiger partial charge in [0, 0.05) is 24.0 Å². The van der Waals surface area contributed by atoms with Crippen molar-refractivity contribution in [2.24, 2.45) is 0 Å². The second-order valence-corrected chi connectivity index (χ2v) is 7.20. The maximum Gasteiger partial charge on any atom is 0.409 e. The molecule has 0 saturated carbocycles. The second-order valence-electron chi connectivity index (χ2n) is 4.25. The first-order chi connectivity index (χ1) is 10.5. The van der Waals surface area contributed by atoms with Crippen molar-refractivity contribution >= 4 is 55.9 Å². The molecule has 0 spiro atoms. The summed E-state index contributed by atoms with van der Waals surface area (Å²) < 4.78 is 21.5. The average molecular weight is 430 g/mol. The van der Waals surface area contributed by atoms with Gasteiger partial charge in [-0.1, -0.05) is 0 Å². The summed E-state index contributed by atoms with van der Waals surface area (Å²) >= 11 is 3.69. The number of carbonyl (C=O) groups is 1. The third kappa shape index (κ3) is 3.12. The van der Waals surface area contributed by atoms with Crippen molar-refractivity contribution in [3.8, 4) is 11.5 Å². The number of halogens is 2. The predicted molar refractivity (Wildman–Crippen MR) is 90.5 cm³/mol. The van der Waals surface area contributed by atoms with E-state index in [0.29, 0.717) is 5.75 Å². The molecule has 112 valence electrons. The fraction of sp³-hybridized carbons (Fsp3) is 0. The Kier molecular flexibility index (Phi) is 4.12. The summed E-state index contributed by atoms with van der Waals surface area (Å²) in [6.07, 6.45) is 0.343. The van der Waals surface area contributed by atoms with Crippen LogP contribution < -0.4 is 10.1 Å². The van der Waals surface area contributed by atoms with Gasteiger partial charge in [-0.25, -0.2) is 9.18 Å². The Balaban J connectivity index is 1.93. The van der Waals surface area contributed by atoms with Crippen molar-refractivity contribution in [2.75, 3.05) is 5.32 Å². The highest BCUT2D eigenvalue weighted by Crippen LogP contribution is 2.36. The molecule has 0 radical (unpaired) electrons. The average Bonchev–Trinajstić information content (AvgIpc) is 2.82. The number of aromatic nitrogens is 1. The van der Waals surface area contributed by atoms with Crippen molar-refractivity contribution < 1.29 is 19.0 Å². The topological polar surface area (TPSA) is 71.5 Å². The van der Waals surface area contributed by atoms with Crippen molar-refractivity contribution in [3.05, 3.63) is 45.2 Å². The number of rotatable bonds is 3. The van der Waals surface area contributed by atoms with Gasteiger partial charge in [0.25, 0.3) is 0 Å². The summed E-state index contributed by atoms with van der Waals surface area (Å²) in [4.78, 5) is 14.8. The second kappa shape index (κ2) is 6.05. The molecule has 8 heteroatoms. The molecule has 22 heavy (non-hydrogen) atoms. The highest BCUT2D eigenvalue weighted by atomic mass is 127. The number of pyridine rings is 1. The van der Waals surface area contributed by atoms with Gasteiger partial charge < -0.3 is 9.84 Å². The molecule has 0 aliphatic heterocycles. The van der Waals surface area contributed by atoms with Gasteiger partial charge in [-0.15, -0.1) is 11.3 Å². The standard InChI is InChI=1S/C14H8FIN2O3S/c15-8-5-7(18-14(19)20)1-2-10(8)21-11-3-4-17-9-6-12(16)22-13(9)11/h1-6,18H,(H,19,20). The smallest absolute Gasteiger partial charge is 0.409 e. The molecular formula is C14H8FIN2O3S. The van der Waals surface area contributed by atoms with Crippen LogP contribution in [-0.4, -0.2) is 16.2 Å². The highest BCUT2D eigenvalue weighted by molar-refractivity contribution is 14.1. The van der Waals surface area contributed by atoms with Crippen LogP contribution in [-0.2, 0) is 0 Å². The Morgan fingerprint density at radius 3 is 2.86 bits per heavy atom. The lowest BCUT2D eigenvalue weighted by Gasteiger charge is -2.09. The maximum atomic E-state index is 14.0. The number of anilines is 1. The zero-order valence-electron chi connectivity index (χ0n) is 10.8. The number of hydrogen-bond acceptors (Lipinski definition) is 4. The number of amides is 1. The Morgan fingerprint density at radius 2 is 2.14 bits per heavy atom. The summed E-state index contributed by atoms with van der Waals surface area (Å²) in [6.45, 7) is 0. The molecule has 0 unspecified atom stereocenters. The molecule has 0 bridgehead atoms. The quantitative estimate of drug-likeness (QED) is 0.579. The van der Waals surface area contributed by atoms with E-state index in [1.807, 2.05) is 6.07 Å².